The van der Waals surface area contributed by atoms with E-state index in [9.17, 15) is 4.79 Å². The molecule has 1 nitrogen and oxygen atoms in total. The summed E-state index contributed by atoms with van der Waals surface area (Å²) in [6, 6.07) is 0. The van der Waals surface area contributed by atoms with E-state index < -0.39 is 0 Å². The van der Waals surface area contributed by atoms with Crippen LogP contribution in [0.4, 0.5) is 0 Å². The monoisotopic (exact) mass is 206 g/mol. The highest BCUT2D eigenvalue weighted by atomic mass is 79.9. The molecule has 0 radical (unpaired) electrons. The third-order valence-electron chi connectivity index (χ3n) is 1.61. The minimum Gasteiger partial charge on any atom is -0.303 e. The van der Waals surface area contributed by atoms with Crippen molar-refractivity contribution in [3.63, 3.8) is 0 Å². The van der Waals surface area contributed by atoms with Crippen LogP contribution < -0.4 is 0 Å². The molecule has 60 valence electrons. The molecule has 2 unspecified atom stereocenters. The van der Waals surface area contributed by atoms with E-state index in [1.54, 1.807) is 0 Å². The molecule has 0 aliphatic heterocycles. The maximum atomic E-state index is 10.2. The van der Waals surface area contributed by atoms with Gasteiger partial charge in [0.1, 0.15) is 6.29 Å². The van der Waals surface area contributed by atoms with Crippen LogP contribution >= 0.6 is 15.9 Å². The Bertz CT molecular complexity index is 93.3. The summed E-state index contributed by atoms with van der Waals surface area (Å²) in [5, 5.41) is 1.04. The van der Waals surface area contributed by atoms with Gasteiger partial charge < -0.3 is 4.79 Å². The molecule has 0 N–H and O–H groups in total. The largest absolute Gasteiger partial charge is 0.303 e. The normalized spacial score (nSPS) is 16.3. The van der Waals surface area contributed by atoms with Gasteiger partial charge in [0.05, 0.1) is 0 Å². The quantitative estimate of drug-likeness (QED) is 0.500. The summed E-state index contributed by atoms with van der Waals surface area (Å²) in [5.74, 6) is 0.934. The van der Waals surface area contributed by atoms with Gasteiger partial charge in [-0.1, -0.05) is 29.8 Å². The summed E-state index contributed by atoms with van der Waals surface area (Å²) in [6.07, 6.45) is 3.20. The number of carbonyl (C=O) groups is 1. The van der Waals surface area contributed by atoms with Crippen LogP contribution in [-0.2, 0) is 4.79 Å². The van der Waals surface area contributed by atoms with Gasteiger partial charge in [-0.25, -0.2) is 0 Å². The molecule has 0 rings (SSSR count). The number of hydrogen-bond donors (Lipinski definition) is 0. The fraction of sp³-hybridized carbons (Fsp3) is 0.875. The topological polar surface area (TPSA) is 17.1 Å². The fourth-order valence-electron chi connectivity index (χ4n) is 0.693. The van der Waals surface area contributed by atoms with Crippen LogP contribution in [0, 0.1) is 11.8 Å². The molecule has 0 saturated heterocycles. The Labute approximate surface area is 71.3 Å². The number of aldehydes is 1. The first kappa shape index (κ1) is 10.2. The lowest BCUT2D eigenvalue weighted by Gasteiger charge is -2.07. The zero-order chi connectivity index (χ0) is 7.98. The molecular formula is C8H15BrO. The van der Waals surface area contributed by atoms with Gasteiger partial charge in [0.25, 0.3) is 0 Å². The molecule has 0 aromatic heterocycles. The third kappa shape index (κ3) is 4.98. The van der Waals surface area contributed by atoms with Crippen molar-refractivity contribution in [2.75, 3.05) is 5.33 Å². The molecule has 2 heteroatoms. The summed E-state index contributed by atoms with van der Waals surface area (Å²) in [4.78, 5) is 10.2. The third-order valence-corrected chi connectivity index (χ3v) is 2.72. The highest BCUT2D eigenvalue weighted by Crippen LogP contribution is 2.12. The van der Waals surface area contributed by atoms with Crippen LogP contribution in [0.2, 0.25) is 0 Å². The Hall–Kier alpha value is 0.150. The average Bonchev–Trinajstić information content (AvgIpc) is 1.99. The molecule has 0 amide bonds. The first-order valence-electron chi connectivity index (χ1n) is 3.72. The average molecular weight is 207 g/mol. The molecule has 0 fully saturated rings. The van der Waals surface area contributed by atoms with Crippen LogP contribution in [0.5, 0.6) is 0 Å². The van der Waals surface area contributed by atoms with E-state index in [4.69, 9.17) is 0 Å². The van der Waals surface area contributed by atoms with Crippen molar-refractivity contribution in [2.24, 2.45) is 11.8 Å². The second-order valence-electron chi connectivity index (χ2n) is 2.95. The summed E-state index contributed by atoms with van der Waals surface area (Å²) >= 11 is 3.40. The molecule has 10 heavy (non-hydrogen) atoms. The van der Waals surface area contributed by atoms with Gasteiger partial charge in [0.15, 0.2) is 0 Å². The van der Waals surface area contributed by atoms with Crippen molar-refractivity contribution in [1.29, 1.82) is 0 Å². The molecular weight excluding hydrogens is 192 g/mol. The molecule has 0 aromatic carbocycles. The van der Waals surface area contributed by atoms with Gasteiger partial charge in [-0.3, -0.25) is 0 Å². The number of halogens is 1. The Kier molecular flexibility index (Phi) is 5.99. The van der Waals surface area contributed by atoms with Gasteiger partial charge in [0.2, 0.25) is 0 Å². The predicted molar refractivity (Wildman–Crippen MR) is 47.4 cm³/mol. The lowest BCUT2D eigenvalue weighted by atomic mass is 10.0. The molecule has 0 heterocycles. The summed E-state index contributed by atoms with van der Waals surface area (Å²) < 4.78 is 0. The van der Waals surface area contributed by atoms with Crippen LogP contribution in [0.1, 0.15) is 26.7 Å². The minimum absolute atomic E-state index is 0.237. The maximum absolute atomic E-state index is 10.2. The van der Waals surface area contributed by atoms with Gasteiger partial charge in [-0.15, -0.1) is 0 Å². The van der Waals surface area contributed by atoms with E-state index in [1.165, 1.54) is 0 Å². The van der Waals surface area contributed by atoms with Crippen LogP contribution in [0.15, 0.2) is 0 Å². The molecule has 0 saturated carbocycles. The van der Waals surface area contributed by atoms with Gasteiger partial charge in [-0.2, -0.15) is 0 Å². The maximum Gasteiger partial charge on any atom is 0.122 e. The molecule has 0 bridgehead atoms. The Morgan fingerprint density at radius 1 is 1.40 bits per heavy atom. The lowest BCUT2D eigenvalue weighted by molar-refractivity contribution is -0.110. The smallest absolute Gasteiger partial charge is 0.122 e. The van der Waals surface area contributed by atoms with Crippen molar-refractivity contribution >= 4 is 22.2 Å². The number of alkyl halides is 1. The summed E-state index contributed by atoms with van der Waals surface area (Å²) in [5.41, 5.74) is 0. The molecule has 0 aromatic rings. The Morgan fingerprint density at radius 3 is 2.40 bits per heavy atom. The van der Waals surface area contributed by atoms with Crippen molar-refractivity contribution in [3.05, 3.63) is 0 Å². The van der Waals surface area contributed by atoms with Gasteiger partial charge >= 0.3 is 0 Å². The van der Waals surface area contributed by atoms with Crippen molar-refractivity contribution in [3.8, 4) is 0 Å². The van der Waals surface area contributed by atoms with E-state index >= 15 is 0 Å². The van der Waals surface area contributed by atoms with E-state index in [0.717, 1.165) is 24.5 Å². The van der Waals surface area contributed by atoms with Gasteiger partial charge in [-0.05, 0) is 18.8 Å². The second kappa shape index (κ2) is 5.90. The minimum atomic E-state index is 0.237. The lowest BCUT2D eigenvalue weighted by Crippen LogP contribution is -2.01. The molecule has 2 atom stereocenters. The van der Waals surface area contributed by atoms with Crippen LogP contribution in [0.25, 0.3) is 0 Å². The fourth-order valence-corrected chi connectivity index (χ4v) is 1.02. The molecule has 0 aliphatic carbocycles. The zero-order valence-electron chi connectivity index (χ0n) is 6.64. The summed E-state index contributed by atoms with van der Waals surface area (Å²) in [6.45, 7) is 4.15. The summed E-state index contributed by atoms with van der Waals surface area (Å²) in [7, 11) is 0. The number of rotatable bonds is 5. The zero-order valence-corrected chi connectivity index (χ0v) is 8.23. The highest BCUT2D eigenvalue weighted by molar-refractivity contribution is 9.09. The Balaban J connectivity index is 3.25. The van der Waals surface area contributed by atoms with Crippen molar-refractivity contribution in [2.45, 2.75) is 26.7 Å². The van der Waals surface area contributed by atoms with E-state index in [1.807, 2.05) is 6.92 Å². The van der Waals surface area contributed by atoms with E-state index in [2.05, 4.69) is 22.9 Å². The standard InChI is InChI=1S/C8H15BrO/c1-7(5-9)3-4-8(2)6-10/h6-8H,3-5H2,1-2H3. The molecule has 0 spiro atoms. The Morgan fingerprint density at radius 2 is 2.00 bits per heavy atom. The van der Waals surface area contributed by atoms with Crippen molar-refractivity contribution < 1.29 is 4.79 Å². The highest BCUT2D eigenvalue weighted by Gasteiger charge is 2.03. The van der Waals surface area contributed by atoms with Gasteiger partial charge in [0, 0.05) is 11.2 Å². The van der Waals surface area contributed by atoms with E-state index in [-0.39, 0.29) is 5.92 Å². The van der Waals surface area contributed by atoms with E-state index in [0.29, 0.717) is 5.92 Å². The molecule has 0 aliphatic rings. The predicted octanol–water partition coefficient (Wildman–Crippen LogP) is 2.63. The SMILES string of the molecule is CC(C=O)CCC(C)CBr. The van der Waals surface area contributed by atoms with Crippen LogP contribution in [-0.4, -0.2) is 11.6 Å². The first-order valence-corrected chi connectivity index (χ1v) is 4.84. The second-order valence-corrected chi connectivity index (χ2v) is 3.60. The first-order chi connectivity index (χ1) is 4.70. The van der Waals surface area contributed by atoms with Crippen LogP contribution in [0.3, 0.4) is 0 Å². The number of carbonyl (C=O) groups excluding carboxylic acids is 1. The van der Waals surface area contributed by atoms with Crippen molar-refractivity contribution in [1.82, 2.24) is 0 Å². The number of hydrogen-bond acceptors (Lipinski definition) is 1.